The lowest BCUT2D eigenvalue weighted by atomic mass is 10.3. The standard InChI is InChI=1S/C12H19N3O2/c1-3-15-11(10(13)8(2)14-15)12(16)17-9-6-4-5-7-9/h9H,3-7,13H2,1-2H3. The summed E-state index contributed by atoms with van der Waals surface area (Å²) in [4.78, 5) is 12.1. The third-order valence-electron chi connectivity index (χ3n) is 3.24. The molecule has 1 aliphatic carbocycles. The minimum absolute atomic E-state index is 0.0578. The van der Waals surface area contributed by atoms with Crippen LogP contribution in [0.4, 0.5) is 5.69 Å². The number of ether oxygens (including phenoxy) is 1. The van der Waals surface area contributed by atoms with Gasteiger partial charge in [-0.15, -0.1) is 0 Å². The molecule has 5 nitrogen and oxygen atoms in total. The van der Waals surface area contributed by atoms with E-state index in [1.165, 1.54) is 0 Å². The van der Waals surface area contributed by atoms with Crippen molar-refractivity contribution < 1.29 is 9.53 Å². The highest BCUT2D eigenvalue weighted by atomic mass is 16.5. The Morgan fingerprint density at radius 3 is 2.76 bits per heavy atom. The van der Waals surface area contributed by atoms with Crippen molar-refractivity contribution >= 4 is 11.7 Å². The van der Waals surface area contributed by atoms with Crippen LogP contribution in [0.2, 0.25) is 0 Å². The maximum absolute atomic E-state index is 12.1. The van der Waals surface area contributed by atoms with Gasteiger partial charge in [-0.3, -0.25) is 4.68 Å². The number of carbonyl (C=O) groups is 1. The van der Waals surface area contributed by atoms with Crippen LogP contribution in [0.1, 0.15) is 48.8 Å². The van der Waals surface area contributed by atoms with Crippen LogP contribution in [0.15, 0.2) is 0 Å². The van der Waals surface area contributed by atoms with Crippen LogP contribution in [0, 0.1) is 6.92 Å². The van der Waals surface area contributed by atoms with E-state index in [2.05, 4.69) is 5.10 Å². The number of carbonyl (C=O) groups excluding carboxylic acids is 1. The molecule has 1 aromatic rings. The molecule has 1 fully saturated rings. The van der Waals surface area contributed by atoms with E-state index in [1.54, 1.807) is 11.6 Å². The summed E-state index contributed by atoms with van der Waals surface area (Å²) in [5, 5.41) is 4.22. The first kappa shape index (κ1) is 12.0. The molecule has 0 amide bonds. The smallest absolute Gasteiger partial charge is 0.359 e. The minimum atomic E-state index is -0.336. The third kappa shape index (κ3) is 2.28. The van der Waals surface area contributed by atoms with E-state index in [-0.39, 0.29) is 12.1 Å². The predicted molar refractivity (Wildman–Crippen MR) is 64.7 cm³/mol. The fourth-order valence-corrected chi connectivity index (χ4v) is 2.25. The molecular formula is C12H19N3O2. The van der Waals surface area contributed by atoms with Gasteiger partial charge in [0.05, 0.1) is 11.4 Å². The van der Waals surface area contributed by atoms with E-state index in [4.69, 9.17) is 10.5 Å². The van der Waals surface area contributed by atoms with E-state index in [1.807, 2.05) is 6.92 Å². The zero-order valence-corrected chi connectivity index (χ0v) is 10.4. The van der Waals surface area contributed by atoms with Gasteiger partial charge in [0.2, 0.25) is 0 Å². The van der Waals surface area contributed by atoms with Gasteiger partial charge in [-0.2, -0.15) is 5.10 Å². The Morgan fingerprint density at radius 1 is 1.53 bits per heavy atom. The van der Waals surface area contributed by atoms with E-state index < -0.39 is 0 Å². The molecule has 2 N–H and O–H groups in total. The average Bonchev–Trinajstić information content (AvgIpc) is 2.88. The van der Waals surface area contributed by atoms with Crippen LogP contribution in [-0.4, -0.2) is 21.9 Å². The molecule has 0 aliphatic heterocycles. The minimum Gasteiger partial charge on any atom is -0.458 e. The second-order valence-corrected chi connectivity index (χ2v) is 4.48. The number of nitrogens with zero attached hydrogens (tertiary/aromatic N) is 2. The first-order valence-corrected chi connectivity index (χ1v) is 6.17. The molecule has 0 unspecified atom stereocenters. The SMILES string of the molecule is CCn1nc(C)c(N)c1C(=O)OC1CCCC1. The quantitative estimate of drug-likeness (QED) is 0.815. The summed E-state index contributed by atoms with van der Waals surface area (Å²) in [7, 11) is 0. The molecule has 1 aromatic heterocycles. The zero-order chi connectivity index (χ0) is 12.4. The van der Waals surface area contributed by atoms with Gasteiger partial charge in [-0.1, -0.05) is 0 Å². The van der Waals surface area contributed by atoms with Crippen molar-refractivity contribution in [1.29, 1.82) is 0 Å². The number of aryl methyl sites for hydroxylation is 2. The maximum atomic E-state index is 12.1. The Labute approximate surface area is 101 Å². The fourth-order valence-electron chi connectivity index (χ4n) is 2.25. The summed E-state index contributed by atoms with van der Waals surface area (Å²) < 4.78 is 7.07. The number of nitrogen functional groups attached to an aromatic ring is 1. The molecule has 0 spiro atoms. The summed E-state index contributed by atoms with van der Waals surface area (Å²) in [6.45, 7) is 4.35. The molecule has 0 bridgehead atoms. The number of nitrogens with two attached hydrogens (primary N) is 1. The molecule has 0 saturated heterocycles. The number of esters is 1. The summed E-state index contributed by atoms with van der Waals surface area (Å²) in [6.07, 6.45) is 4.26. The zero-order valence-electron chi connectivity index (χ0n) is 10.4. The number of anilines is 1. The van der Waals surface area contributed by atoms with E-state index in [0.29, 0.717) is 23.6 Å². The van der Waals surface area contributed by atoms with Crippen molar-refractivity contribution in [3.05, 3.63) is 11.4 Å². The normalized spacial score (nSPS) is 16.4. The largest absolute Gasteiger partial charge is 0.458 e. The Kier molecular flexibility index (Phi) is 3.36. The van der Waals surface area contributed by atoms with Crippen LogP contribution >= 0.6 is 0 Å². The number of rotatable bonds is 3. The van der Waals surface area contributed by atoms with Gasteiger partial charge in [0, 0.05) is 6.54 Å². The number of hydrogen-bond donors (Lipinski definition) is 1. The van der Waals surface area contributed by atoms with Gasteiger partial charge >= 0.3 is 5.97 Å². The van der Waals surface area contributed by atoms with Crippen molar-refractivity contribution in [2.24, 2.45) is 0 Å². The molecule has 17 heavy (non-hydrogen) atoms. The van der Waals surface area contributed by atoms with Gasteiger partial charge in [0.1, 0.15) is 6.10 Å². The predicted octanol–water partition coefficient (Wildman–Crippen LogP) is 1.89. The summed E-state index contributed by atoms with van der Waals surface area (Å²) >= 11 is 0. The van der Waals surface area contributed by atoms with Crippen molar-refractivity contribution in [2.75, 3.05) is 5.73 Å². The molecule has 5 heteroatoms. The first-order chi connectivity index (χ1) is 8.13. The second-order valence-electron chi connectivity index (χ2n) is 4.48. The van der Waals surface area contributed by atoms with Crippen LogP contribution in [0.3, 0.4) is 0 Å². The highest BCUT2D eigenvalue weighted by molar-refractivity contribution is 5.93. The number of hydrogen-bond acceptors (Lipinski definition) is 4. The van der Waals surface area contributed by atoms with E-state index in [9.17, 15) is 4.79 Å². The third-order valence-corrected chi connectivity index (χ3v) is 3.24. The number of aromatic nitrogens is 2. The van der Waals surface area contributed by atoms with E-state index >= 15 is 0 Å². The lowest BCUT2D eigenvalue weighted by Crippen LogP contribution is -2.19. The maximum Gasteiger partial charge on any atom is 0.359 e. The van der Waals surface area contributed by atoms with Gasteiger partial charge in [0.25, 0.3) is 0 Å². The Balaban J connectivity index is 2.17. The molecule has 1 heterocycles. The molecule has 94 valence electrons. The van der Waals surface area contributed by atoms with Crippen molar-refractivity contribution in [3.8, 4) is 0 Å². The fraction of sp³-hybridized carbons (Fsp3) is 0.667. The van der Waals surface area contributed by atoms with Crippen LogP contribution in [0.5, 0.6) is 0 Å². The monoisotopic (exact) mass is 237 g/mol. The highest BCUT2D eigenvalue weighted by Gasteiger charge is 2.25. The van der Waals surface area contributed by atoms with Crippen LogP contribution in [0.25, 0.3) is 0 Å². The van der Waals surface area contributed by atoms with Gasteiger partial charge in [0.15, 0.2) is 5.69 Å². The second kappa shape index (κ2) is 4.77. The van der Waals surface area contributed by atoms with Crippen LogP contribution < -0.4 is 5.73 Å². The highest BCUT2D eigenvalue weighted by Crippen LogP contribution is 2.24. The van der Waals surface area contributed by atoms with Crippen molar-refractivity contribution in [2.45, 2.75) is 52.2 Å². The van der Waals surface area contributed by atoms with Gasteiger partial charge in [-0.25, -0.2) is 4.79 Å². The summed E-state index contributed by atoms with van der Waals surface area (Å²) in [5.74, 6) is -0.336. The Morgan fingerprint density at radius 2 is 2.18 bits per heavy atom. The Hall–Kier alpha value is -1.52. The first-order valence-electron chi connectivity index (χ1n) is 6.17. The molecule has 0 aromatic carbocycles. The molecule has 0 atom stereocenters. The summed E-state index contributed by atoms with van der Waals surface area (Å²) in [5.41, 5.74) is 7.39. The topological polar surface area (TPSA) is 70.1 Å². The van der Waals surface area contributed by atoms with Crippen molar-refractivity contribution in [1.82, 2.24) is 9.78 Å². The van der Waals surface area contributed by atoms with Crippen LogP contribution in [-0.2, 0) is 11.3 Å². The molecular weight excluding hydrogens is 218 g/mol. The molecule has 1 saturated carbocycles. The molecule has 0 radical (unpaired) electrons. The molecule has 1 aliphatic rings. The lowest BCUT2D eigenvalue weighted by Gasteiger charge is -2.12. The van der Waals surface area contributed by atoms with E-state index in [0.717, 1.165) is 25.7 Å². The Bertz CT molecular complexity index is 420. The van der Waals surface area contributed by atoms with Gasteiger partial charge in [-0.05, 0) is 39.5 Å². The lowest BCUT2D eigenvalue weighted by molar-refractivity contribution is 0.0305. The van der Waals surface area contributed by atoms with Crippen molar-refractivity contribution in [3.63, 3.8) is 0 Å². The van der Waals surface area contributed by atoms with Gasteiger partial charge < -0.3 is 10.5 Å². The molecule has 2 rings (SSSR count). The average molecular weight is 237 g/mol. The summed E-state index contributed by atoms with van der Waals surface area (Å²) in [6, 6.07) is 0.